The Kier molecular flexibility index (Phi) is 4.34. The number of nitrogens with zero attached hydrogens (tertiary/aromatic N) is 4. The van der Waals surface area contributed by atoms with Crippen LogP contribution in [0.3, 0.4) is 0 Å². The molecule has 0 saturated heterocycles. The lowest BCUT2D eigenvalue weighted by atomic mass is 10.3. The molecule has 0 amide bonds. The van der Waals surface area contributed by atoms with Crippen molar-refractivity contribution >= 4 is 11.6 Å². The molecule has 22 heavy (non-hydrogen) atoms. The van der Waals surface area contributed by atoms with Gasteiger partial charge in [-0.05, 0) is 30.7 Å². The van der Waals surface area contributed by atoms with Crippen molar-refractivity contribution in [3.8, 4) is 17.2 Å². The minimum Gasteiger partial charge on any atom is -0.253 e. The van der Waals surface area contributed by atoms with Crippen molar-refractivity contribution in [2.24, 2.45) is 0 Å². The second-order valence-corrected chi connectivity index (χ2v) is 5.14. The average molecular weight is 315 g/mol. The number of pyridine rings is 1. The maximum Gasteiger partial charge on any atom is 0.350 e. The van der Waals surface area contributed by atoms with Gasteiger partial charge in [0, 0.05) is 18.6 Å². The van der Waals surface area contributed by atoms with Crippen molar-refractivity contribution in [2.75, 3.05) is 5.88 Å². The van der Waals surface area contributed by atoms with E-state index in [1.165, 1.54) is 4.68 Å². The van der Waals surface area contributed by atoms with Gasteiger partial charge in [0.1, 0.15) is 5.69 Å². The highest BCUT2D eigenvalue weighted by Gasteiger charge is 2.16. The molecule has 112 valence electrons. The third-order valence-corrected chi connectivity index (χ3v) is 3.52. The fourth-order valence-corrected chi connectivity index (χ4v) is 2.35. The molecule has 0 aliphatic rings. The fourth-order valence-electron chi connectivity index (χ4n) is 2.23. The highest BCUT2D eigenvalue weighted by atomic mass is 35.5. The summed E-state index contributed by atoms with van der Waals surface area (Å²) in [5, 5.41) is 4.44. The molecule has 2 aromatic heterocycles. The van der Waals surface area contributed by atoms with Crippen molar-refractivity contribution < 1.29 is 0 Å². The van der Waals surface area contributed by atoms with Crippen LogP contribution in [0.25, 0.3) is 17.2 Å². The van der Waals surface area contributed by atoms with Gasteiger partial charge in [-0.25, -0.2) is 14.0 Å². The predicted octanol–water partition coefficient (Wildman–Crippen LogP) is 2.72. The van der Waals surface area contributed by atoms with E-state index in [0.29, 0.717) is 30.4 Å². The summed E-state index contributed by atoms with van der Waals surface area (Å²) in [7, 11) is 0. The first-order valence-corrected chi connectivity index (χ1v) is 7.57. The molecule has 0 radical (unpaired) electrons. The van der Waals surface area contributed by atoms with Crippen LogP contribution in [0.4, 0.5) is 0 Å². The summed E-state index contributed by atoms with van der Waals surface area (Å²) in [5.41, 5.74) is 1.25. The second-order valence-electron chi connectivity index (χ2n) is 4.76. The molecule has 0 atom stereocenters. The van der Waals surface area contributed by atoms with Crippen LogP contribution in [-0.2, 0) is 6.54 Å². The molecule has 0 N–H and O–H groups in total. The number of aromatic nitrogens is 4. The van der Waals surface area contributed by atoms with Gasteiger partial charge in [0.15, 0.2) is 5.82 Å². The summed E-state index contributed by atoms with van der Waals surface area (Å²) in [6.07, 6.45) is 2.38. The Bertz CT molecular complexity index is 796. The van der Waals surface area contributed by atoms with Crippen molar-refractivity contribution in [1.29, 1.82) is 0 Å². The molecule has 5 nitrogen and oxygen atoms in total. The first kappa shape index (κ1) is 14.5. The maximum absolute atomic E-state index is 12.7. The van der Waals surface area contributed by atoms with E-state index in [4.69, 9.17) is 11.6 Å². The van der Waals surface area contributed by atoms with E-state index < -0.39 is 0 Å². The lowest BCUT2D eigenvalue weighted by molar-refractivity contribution is 0.581. The zero-order chi connectivity index (χ0) is 15.4. The Labute approximate surface area is 132 Å². The lowest BCUT2D eigenvalue weighted by Crippen LogP contribution is -2.24. The smallest absolute Gasteiger partial charge is 0.253 e. The second kappa shape index (κ2) is 6.58. The Balaban J connectivity index is 2.18. The number of benzene rings is 1. The molecule has 0 fully saturated rings. The van der Waals surface area contributed by atoms with Crippen LogP contribution >= 0.6 is 11.6 Å². The average Bonchev–Trinajstić information content (AvgIpc) is 2.91. The lowest BCUT2D eigenvalue weighted by Gasteiger charge is -2.04. The summed E-state index contributed by atoms with van der Waals surface area (Å²) in [6.45, 7) is 0.488. The standard InChI is InChI=1S/C16H15ClN4O/c17-10-6-12-20-16(22)21(13-7-2-1-3-8-13)15(19-20)14-9-4-5-11-18-14/h1-5,7-9,11H,6,10,12H2. The summed E-state index contributed by atoms with van der Waals surface area (Å²) in [4.78, 5) is 17.0. The van der Waals surface area contributed by atoms with Gasteiger partial charge in [-0.3, -0.25) is 4.98 Å². The highest BCUT2D eigenvalue weighted by Crippen LogP contribution is 2.16. The first-order valence-electron chi connectivity index (χ1n) is 7.04. The number of aryl methyl sites for hydroxylation is 1. The van der Waals surface area contributed by atoms with E-state index in [9.17, 15) is 4.79 Å². The molecule has 0 saturated carbocycles. The predicted molar refractivity (Wildman–Crippen MR) is 86.4 cm³/mol. The first-order chi connectivity index (χ1) is 10.8. The van der Waals surface area contributed by atoms with Crippen LogP contribution in [0.2, 0.25) is 0 Å². The minimum atomic E-state index is -0.183. The Morgan fingerprint density at radius 2 is 1.82 bits per heavy atom. The zero-order valence-electron chi connectivity index (χ0n) is 11.9. The molecule has 0 unspecified atom stereocenters. The van der Waals surface area contributed by atoms with E-state index in [1.54, 1.807) is 10.8 Å². The number of para-hydroxylation sites is 1. The third-order valence-electron chi connectivity index (χ3n) is 3.25. The summed E-state index contributed by atoms with van der Waals surface area (Å²) in [5.74, 6) is 1.02. The highest BCUT2D eigenvalue weighted by molar-refractivity contribution is 6.17. The van der Waals surface area contributed by atoms with Gasteiger partial charge in [0.25, 0.3) is 0 Å². The van der Waals surface area contributed by atoms with E-state index >= 15 is 0 Å². The number of alkyl halides is 1. The fraction of sp³-hybridized carbons (Fsp3) is 0.188. The molecule has 6 heteroatoms. The van der Waals surface area contributed by atoms with Crippen LogP contribution in [0.1, 0.15) is 6.42 Å². The van der Waals surface area contributed by atoms with Gasteiger partial charge >= 0.3 is 5.69 Å². The van der Waals surface area contributed by atoms with Gasteiger partial charge in [-0.1, -0.05) is 24.3 Å². The van der Waals surface area contributed by atoms with Crippen molar-refractivity contribution in [3.05, 3.63) is 65.2 Å². The van der Waals surface area contributed by atoms with Crippen LogP contribution in [-0.4, -0.2) is 25.2 Å². The van der Waals surface area contributed by atoms with Crippen molar-refractivity contribution in [2.45, 2.75) is 13.0 Å². The van der Waals surface area contributed by atoms with E-state index in [2.05, 4.69) is 10.1 Å². The normalized spacial score (nSPS) is 10.8. The molecule has 3 aromatic rings. The molecule has 0 aliphatic heterocycles. The van der Waals surface area contributed by atoms with Crippen LogP contribution < -0.4 is 5.69 Å². The summed E-state index contributed by atoms with van der Waals surface area (Å²) >= 11 is 5.72. The number of rotatable bonds is 5. The quantitative estimate of drug-likeness (QED) is 0.680. The maximum atomic E-state index is 12.7. The van der Waals surface area contributed by atoms with Gasteiger partial charge in [-0.2, -0.15) is 0 Å². The molecule has 1 aromatic carbocycles. The molecule has 0 spiro atoms. The Morgan fingerprint density at radius 3 is 2.50 bits per heavy atom. The minimum absolute atomic E-state index is 0.183. The SMILES string of the molecule is O=c1n(CCCCl)nc(-c2ccccn2)n1-c1ccccc1. The van der Waals surface area contributed by atoms with Crippen LogP contribution in [0.5, 0.6) is 0 Å². The van der Waals surface area contributed by atoms with Gasteiger partial charge in [0.2, 0.25) is 0 Å². The van der Waals surface area contributed by atoms with Crippen LogP contribution in [0, 0.1) is 0 Å². The largest absolute Gasteiger partial charge is 0.350 e. The molecular weight excluding hydrogens is 300 g/mol. The third kappa shape index (κ3) is 2.80. The summed E-state index contributed by atoms with van der Waals surface area (Å²) in [6, 6.07) is 15.0. The van der Waals surface area contributed by atoms with E-state index in [-0.39, 0.29) is 5.69 Å². The zero-order valence-corrected chi connectivity index (χ0v) is 12.6. The van der Waals surface area contributed by atoms with Gasteiger partial charge < -0.3 is 0 Å². The van der Waals surface area contributed by atoms with E-state index in [0.717, 1.165) is 5.69 Å². The summed E-state index contributed by atoms with van der Waals surface area (Å²) < 4.78 is 3.02. The molecule has 2 heterocycles. The molecular formula is C16H15ClN4O. The number of halogens is 1. The van der Waals surface area contributed by atoms with Crippen molar-refractivity contribution in [3.63, 3.8) is 0 Å². The van der Waals surface area contributed by atoms with Crippen molar-refractivity contribution in [1.82, 2.24) is 19.3 Å². The molecule has 0 bridgehead atoms. The Morgan fingerprint density at radius 1 is 1.05 bits per heavy atom. The number of hydrogen-bond acceptors (Lipinski definition) is 3. The number of hydrogen-bond donors (Lipinski definition) is 0. The Hall–Kier alpha value is -2.40. The molecule has 0 aliphatic carbocycles. The topological polar surface area (TPSA) is 52.7 Å². The van der Waals surface area contributed by atoms with Crippen LogP contribution in [0.15, 0.2) is 59.5 Å². The van der Waals surface area contributed by atoms with Gasteiger partial charge in [-0.15, -0.1) is 16.7 Å². The van der Waals surface area contributed by atoms with Gasteiger partial charge in [0.05, 0.1) is 5.69 Å². The molecule has 3 rings (SSSR count). The van der Waals surface area contributed by atoms with E-state index in [1.807, 2.05) is 48.5 Å². The monoisotopic (exact) mass is 314 g/mol.